The zero-order valence-corrected chi connectivity index (χ0v) is 15.5. The first-order valence-electron chi connectivity index (χ1n) is 10.5. The highest BCUT2D eigenvalue weighted by molar-refractivity contribution is 5.80. The van der Waals surface area contributed by atoms with Gasteiger partial charge in [0, 0.05) is 45.2 Å². The van der Waals surface area contributed by atoms with Gasteiger partial charge in [-0.3, -0.25) is 14.5 Å². The standard InChI is InChI=1S/C20H33N3O2/c24-19(22-7-3-1-2-4-8-22)15-21-9-11-23(12-10-21)20(25)18-14-16-5-6-17(18)13-16/h16-18H,1-15H2/t16-,17+,18+/m0/s1. The van der Waals surface area contributed by atoms with E-state index in [0.29, 0.717) is 24.3 Å². The first-order valence-corrected chi connectivity index (χ1v) is 10.5. The first kappa shape index (κ1) is 17.3. The van der Waals surface area contributed by atoms with Crippen LogP contribution in [0.15, 0.2) is 0 Å². The van der Waals surface area contributed by atoms with Crippen LogP contribution in [-0.4, -0.2) is 72.3 Å². The quantitative estimate of drug-likeness (QED) is 0.784. The molecule has 0 aromatic carbocycles. The Balaban J connectivity index is 1.23. The van der Waals surface area contributed by atoms with Crippen LogP contribution in [0.25, 0.3) is 0 Å². The highest BCUT2D eigenvalue weighted by atomic mass is 16.2. The molecular formula is C20H33N3O2. The SMILES string of the molecule is O=C(CN1CCN(C(=O)[C@@H]2C[C@H]3CC[C@@H]2C3)CC1)N1CCCCCC1. The van der Waals surface area contributed by atoms with Crippen LogP contribution < -0.4 is 0 Å². The van der Waals surface area contributed by atoms with Crippen molar-refractivity contribution in [1.29, 1.82) is 0 Å². The summed E-state index contributed by atoms with van der Waals surface area (Å²) < 4.78 is 0. The number of carbonyl (C=O) groups is 2. The lowest BCUT2D eigenvalue weighted by Crippen LogP contribution is -2.53. The molecule has 2 bridgehead atoms. The van der Waals surface area contributed by atoms with Crippen molar-refractivity contribution in [3.8, 4) is 0 Å². The van der Waals surface area contributed by atoms with Gasteiger partial charge in [-0.25, -0.2) is 0 Å². The van der Waals surface area contributed by atoms with Gasteiger partial charge in [0.15, 0.2) is 0 Å². The van der Waals surface area contributed by atoms with E-state index < -0.39 is 0 Å². The van der Waals surface area contributed by atoms with Gasteiger partial charge in [0.05, 0.1) is 6.54 Å². The third kappa shape index (κ3) is 3.86. The number of likely N-dealkylation sites (tertiary alicyclic amines) is 1. The molecule has 0 spiro atoms. The lowest BCUT2D eigenvalue weighted by Gasteiger charge is -2.37. The fourth-order valence-corrected chi connectivity index (χ4v) is 5.52. The Labute approximate surface area is 151 Å². The summed E-state index contributed by atoms with van der Waals surface area (Å²) in [5.41, 5.74) is 0. The Morgan fingerprint density at radius 2 is 1.48 bits per heavy atom. The Morgan fingerprint density at radius 3 is 2.08 bits per heavy atom. The van der Waals surface area contributed by atoms with Crippen LogP contribution in [0.3, 0.4) is 0 Å². The number of fused-ring (bicyclic) bond motifs is 2. The molecule has 0 aromatic rings. The van der Waals surface area contributed by atoms with Crippen molar-refractivity contribution in [2.45, 2.75) is 51.4 Å². The van der Waals surface area contributed by atoms with Crippen molar-refractivity contribution >= 4 is 11.8 Å². The highest BCUT2D eigenvalue weighted by Gasteiger charge is 2.44. The molecule has 140 valence electrons. The number of carbonyl (C=O) groups excluding carboxylic acids is 2. The molecule has 5 heteroatoms. The van der Waals surface area contributed by atoms with Crippen LogP contribution in [0, 0.1) is 17.8 Å². The first-order chi connectivity index (χ1) is 12.2. The molecular weight excluding hydrogens is 314 g/mol. The molecule has 0 aromatic heterocycles. The topological polar surface area (TPSA) is 43.9 Å². The molecule has 4 rings (SSSR count). The van der Waals surface area contributed by atoms with Crippen LogP contribution in [0.5, 0.6) is 0 Å². The smallest absolute Gasteiger partial charge is 0.236 e. The lowest BCUT2D eigenvalue weighted by molar-refractivity contribution is -0.139. The van der Waals surface area contributed by atoms with E-state index in [1.807, 2.05) is 0 Å². The molecule has 0 N–H and O–H groups in total. The Kier molecular flexibility index (Phi) is 5.30. The minimum Gasteiger partial charge on any atom is -0.342 e. The highest BCUT2D eigenvalue weighted by Crippen LogP contribution is 2.48. The van der Waals surface area contributed by atoms with Crippen molar-refractivity contribution in [2.24, 2.45) is 17.8 Å². The number of hydrogen-bond acceptors (Lipinski definition) is 3. The zero-order chi connectivity index (χ0) is 17.2. The van der Waals surface area contributed by atoms with Gasteiger partial charge < -0.3 is 9.80 Å². The maximum atomic E-state index is 12.8. The lowest BCUT2D eigenvalue weighted by atomic mass is 9.87. The number of amides is 2. The molecule has 4 aliphatic rings. The van der Waals surface area contributed by atoms with E-state index in [2.05, 4.69) is 14.7 Å². The van der Waals surface area contributed by atoms with Crippen LogP contribution >= 0.6 is 0 Å². The molecule has 2 amide bonds. The summed E-state index contributed by atoms with van der Waals surface area (Å²) in [5, 5.41) is 0. The van der Waals surface area contributed by atoms with Crippen LogP contribution in [0.1, 0.15) is 51.4 Å². The van der Waals surface area contributed by atoms with Crippen molar-refractivity contribution in [3.63, 3.8) is 0 Å². The molecule has 2 aliphatic carbocycles. The van der Waals surface area contributed by atoms with Gasteiger partial charge in [-0.2, -0.15) is 0 Å². The fourth-order valence-electron chi connectivity index (χ4n) is 5.52. The van der Waals surface area contributed by atoms with E-state index in [0.717, 1.165) is 64.4 Å². The summed E-state index contributed by atoms with van der Waals surface area (Å²) in [5.74, 6) is 2.50. The predicted octanol–water partition coefficient (Wildman–Crippen LogP) is 1.97. The van der Waals surface area contributed by atoms with Crippen LogP contribution in [-0.2, 0) is 9.59 Å². The molecule has 2 heterocycles. The van der Waals surface area contributed by atoms with Gasteiger partial charge >= 0.3 is 0 Å². The second-order valence-electron chi connectivity index (χ2n) is 8.68. The third-order valence-corrected chi connectivity index (χ3v) is 7.06. The molecule has 2 saturated carbocycles. The molecule has 2 saturated heterocycles. The summed E-state index contributed by atoms with van der Waals surface area (Å²) in [6.45, 7) is 5.72. The monoisotopic (exact) mass is 347 g/mol. The van der Waals surface area contributed by atoms with Gasteiger partial charge in [-0.15, -0.1) is 0 Å². The van der Waals surface area contributed by atoms with Crippen LogP contribution in [0.4, 0.5) is 0 Å². The van der Waals surface area contributed by atoms with Gasteiger partial charge in [-0.05, 0) is 43.9 Å². The molecule has 0 unspecified atom stereocenters. The number of rotatable bonds is 3. The largest absolute Gasteiger partial charge is 0.342 e. The van der Waals surface area contributed by atoms with E-state index in [4.69, 9.17) is 0 Å². The van der Waals surface area contributed by atoms with E-state index in [9.17, 15) is 9.59 Å². The Morgan fingerprint density at radius 1 is 0.760 bits per heavy atom. The van der Waals surface area contributed by atoms with Gasteiger partial charge in [0.1, 0.15) is 0 Å². The summed E-state index contributed by atoms with van der Waals surface area (Å²) in [6, 6.07) is 0. The molecule has 0 radical (unpaired) electrons. The minimum absolute atomic E-state index is 0.287. The molecule has 4 fully saturated rings. The van der Waals surface area contributed by atoms with E-state index in [1.165, 1.54) is 32.1 Å². The van der Waals surface area contributed by atoms with E-state index >= 15 is 0 Å². The molecule has 5 nitrogen and oxygen atoms in total. The zero-order valence-electron chi connectivity index (χ0n) is 15.5. The summed E-state index contributed by atoms with van der Waals surface area (Å²) in [7, 11) is 0. The van der Waals surface area contributed by atoms with Gasteiger partial charge in [-0.1, -0.05) is 19.3 Å². The fraction of sp³-hybridized carbons (Fsp3) is 0.900. The predicted molar refractivity (Wildman–Crippen MR) is 97.0 cm³/mol. The van der Waals surface area contributed by atoms with Gasteiger partial charge in [0.2, 0.25) is 11.8 Å². The maximum absolute atomic E-state index is 12.8. The summed E-state index contributed by atoms with van der Waals surface area (Å²) in [6.07, 6.45) is 9.86. The third-order valence-electron chi connectivity index (χ3n) is 7.06. The maximum Gasteiger partial charge on any atom is 0.236 e. The molecule has 3 atom stereocenters. The Bertz CT molecular complexity index is 493. The van der Waals surface area contributed by atoms with Gasteiger partial charge in [0.25, 0.3) is 0 Å². The normalized spacial score (nSPS) is 33.5. The second-order valence-corrected chi connectivity index (χ2v) is 8.68. The van der Waals surface area contributed by atoms with E-state index in [-0.39, 0.29) is 5.91 Å². The number of hydrogen-bond donors (Lipinski definition) is 0. The van der Waals surface area contributed by atoms with Crippen molar-refractivity contribution in [2.75, 3.05) is 45.8 Å². The average Bonchev–Trinajstić information content (AvgIpc) is 3.16. The van der Waals surface area contributed by atoms with Crippen molar-refractivity contribution in [3.05, 3.63) is 0 Å². The van der Waals surface area contributed by atoms with Crippen LogP contribution in [0.2, 0.25) is 0 Å². The Hall–Kier alpha value is -1.10. The van der Waals surface area contributed by atoms with E-state index in [1.54, 1.807) is 0 Å². The second kappa shape index (κ2) is 7.65. The molecule has 25 heavy (non-hydrogen) atoms. The van der Waals surface area contributed by atoms with Crippen molar-refractivity contribution < 1.29 is 9.59 Å². The molecule has 2 aliphatic heterocycles. The minimum atomic E-state index is 0.287. The average molecular weight is 348 g/mol. The summed E-state index contributed by atoms with van der Waals surface area (Å²) in [4.78, 5) is 31.8. The number of nitrogens with zero attached hydrogens (tertiary/aromatic N) is 3. The van der Waals surface area contributed by atoms with Crippen molar-refractivity contribution in [1.82, 2.24) is 14.7 Å². The number of piperazine rings is 1. The summed E-state index contributed by atoms with van der Waals surface area (Å²) >= 11 is 0.